The molecule has 0 bridgehead atoms. The minimum absolute atomic E-state index is 0.0303. The molecule has 0 aliphatic rings. The zero-order valence-electron chi connectivity index (χ0n) is 24.0. The Morgan fingerprint density at radius 3 is 2.52 bits per heavy atom. The lowest BCUT2D eigenvalue weighted by atomic mass is 10.2. The Morgan fingerprint density at radius 2 is 1.85 bits per heavy atom. The maximum Gasteiger partial charge on any atom is 0.319 e. The van der Waals surface area contributed by atoms with Gasteiger partial charge in [-0.2, -0.15) is 0 Å². The summed E-state index contributed by atoms with van der Waals surface area (Å²) >= 11 is 0. The predicted octanol–water partition coefficient (Wildman–Crippen LogP) is 5.91. The van der Waals surface area contributed by atoms with Crippen LogP contribution >= 0.6 is 0 Å². The number of nitrogens with one attached hydrogen (secondary N) is 2. The number of carbonyl (C=O) groups is 2. The van der Waals surface area contributed by atoms with E-state index in [1.54, 1.807) is 12.5 Å². The monoisotopic (exact) mass is 560 g/mol. The molecule has 1 unspecified atom stereocenters. The summed E-state index contributed by atoms with van der Waals surface area (Å²) in [6, 6.07) is 17.5. The fourth-order valence-electron chi connectivity index (χ4n) is 4.20. The number of aromatic nitrogens is 3. The Balaban J connectivity index is 1.46. The van der Waals surface area contributed by atoms with E-state index in [9.17, 15) is 9.59 Å². The second kappa shape index (κ2) is 12.1. The summed E-state index contributed by atoms with van der Waals surface area (Å²) in [5.74, 6) is -0.549. The lowest BCUT2D eigenvalue weighted by molar-refractivity contribution is 0.0995. The standard InChI is InChI=1S/C30H40N6O3Si/c1-30(2,3)40(4,5)39-20-25(36-19-26(28(31)37)33-21-36)14-16-35-15-13-23-11-12-24(17-27(23)35)34-29(38)32-18-22-9-7-6-8-10-22/h6-13,15,17,19,21,25H,14,16,18,20H2,1-5H3,(H2,31,37)(H2,32,34,38). The van der Waals surface area contributed by atoms with Crippen LogP contribution in [0.2, 0.25) is 18.1 Å². The highest BCUT2D eigenvalue weighted by Gasteiger charge is 2.37. The van der Waals surface area contributed by atoms with Gasteiger partial charge in [-0.1, -0.05) is 57.2 Å². The zero-order chi connectivity index (χ0) is 28.9. The van der Waals surface area contributed by atoms with Gasteiger partial charge < -0.3 is 29.9 Å². The largest absolute Gasteiger partial charge is 0.415 e. The molecule has 2 heterocycles. The van der Waals surface area contributed by atoms with Crippen LogP contribution in [-0.2, 0) is 17.5 Å². The maximum atomic E-state index is 12.5. The van der Waals surface area contributed by atoms with Gasteiger partial charge in [-0.05, 0) is 53.7 Å². The van der Waals surface area contributed by atoms with Gasteiger partial charge in [0, 0.05) is 31.2 Å². The Labute approximate surface area is 236 Å². The van der Waals surface area contributed by atoms with Gasteiger partial charge >= 0.3 is 6.03 Å². The van der Waals surface area contributed by atoms with Crippen molar-refractivity contribution < 1.29 is 14.0 Å². The van der Waals surface area contributed by atoms with Crippen LogP contribution in [0.5, 0.6) is 0 Å². The Morgan fingerprint density at radius 1 is 1.10 bits per heavy atom. The van der Waals surface area contributed by atoms with E-state index in [0.717, 1.165) is 28.6 Å². The number of primary amides is 1. The van der Waals surface area contributed by atoms with Crippen molar-refractivity contribution in [2.24, 2.45) is 5.73 Å². The molecule has 0 radical (unpaired) electrons. The number of nitrogens with zero attached hydrogens (tertiary/aromatic N) is 3. The van der Waals surface area contributed by atoms with Crippen LogP contribution in [0.3, 0.4) is 0 Å². The SMILES string of the molecule is CC(C)(C)[Si](C)(C)OCC(CCn1ccc2ccc(NC(=O)NCc3ccccc3)cc21)n1cnc(C(N)=O)c1. The van der Waals surface area contributed by atoms with Gasteiger partial charge in [-0.25, -0.2) is 9.78 Å². The fourth-order valence-corrected chi connectivity index (χ4v) is 5.24. The minimum atomic E-state index is -1.98. The first kappa shape index (κ1) is 29.1. The van der Waals surface area contributed by atoms with Crippen molar-refractivity contribution in [2.75, 3.05) is 11.9 Å². The Kier molecular flexibility index (Phi) is 8.80. The lowest BCUT2D eigenvalue weighted by Gasteiger charge is -2.37. The minimum Gasteiger partial charge on any atom is -0.415 e. The number of aryl methyl sites for hydroxylation is 1. The third kappa shape index (κ3) is 7.19. The number of rotatable bonds is 11. The van der Waals surface area contributed by atoms with Crippen molar-refractivity contribution in [3.05, 3.63) is 84.6 Å². The van der Waals surface area contributed by atoms with Gasteiger partial charge in [-0.15, -0.1) is 0 Å². The first-order chi connectivity index (χ1) is 18.9. The molecule has 0 saturated carbocycles. The average molecular weight is 561 g/mol. The number of carbonyl (C=O) groups excluding carboxylic acids is 2. The Bertz CT molecular complexity index is 1460. The molecular formula is C30H40N6O3Si. The van der Waals surface area contributed by atoms with Crippen molar-refractivity contribution in [3.8, 4) is 0 Å². The number of fused-ring (bicyclic) bond motifs is 1. The highest BCUT2D eigenvalue weighted by Crippen LogP contribution is 2.37. The van der Waals surface area contributed by atoms with Gasteiger partial charge in [0.05, 0.1) is 24.5 Å². The lowest BCUT2D eigenvalue weighted by Crippen LogP contribution is -2.42. The van der Waals surface area contributed by atoms with E-state index in [-0.39, 0.29) is 22.8 Å². The summed E-state index contributed by atoms with van der Waals surface area (Å²) in [4.78, 5) is 28.4. The molecule has 212 valence electrons. The molecule has 0 aliphatic carbocycles. The number of benzene rings is 2. The first-order valence-electron chi connectivity index (χ1n) is 13.6. The third-order valence-corrected chi connectivity index (χ3v) is 12.2. The van der Waals surface area contributed by atoms with E-state index in [0.29, 0.717) is 19.7 Å². The molecule has 4 aromatic rings. The van der Waals surface area contributed by atoms with Gasteiger partial charge in [0.2, 0.25) is 0 Å². The first-order valence-corrected chi connectivity index (χ1v) is 16.5. The molecule has 1 atom stereocenters. The second-order valence-electron chi connectivity index (χ2n) is 11.7. The molecule has 0 saturated heterocycles. The quantitative estimate of drug-likeness (QED) is 0.198. The molecule has 2 aromatic carbocycles. The summed E-state index contributed by atoms with van der Waals surface area (Å²) < 4.78 is 10.7. The van der Waals surface area contributed by atoms with Crippen molar-refractivity contribution in [1.29, 1.82) is 0 Å². The van der Waals surface area contributed by atoms with Gasteiger partial charge in [-0.3, -0.25) is 4.79 Å². The van der Waals surface area contributed by atoms with Crippen molar-refractivity contribution in [3.63, 3.8) is 0 Å². The normalized spacial score (nSPS) is 12.8. The summed E-state index contributed by atoms with van der Waals surface area (Å²) in [5, 5.41) is 7.01. The van der Waals surface area contributed by atoms with E-state index in [2.05, 4.69) is 66.3 Å². The van der Waals surface area contributed by atoms with E-state index >= 15 is 0 Å². The second-order valence-corrected chi connectivity index (χ2v) is 16.5. The molecule has 4 rings (SSSR count). The Hall–Kier alpha value is -3.89. The third-order valence-electron chi connectivity index (χ3n) is 7.75. The maximum absolute atomic E-state index is 12.5. The number of urea groups is 1. The molecule has 0 spiro atoms. The van der Waals surface area contributed by atoms with Crippen LogP contribution in [0.25, 0.3) is 10.9 Å². The van der Waals surface area contributed by atoms with Crippen molar-refractivity contribution in [2.45, 2.75) is 64.5 Å². The van der Waals surface area contributed by atoms with E-state index in [1.165, 1.54) is 0 Å². The summed E-state index contributed by atoms with van der Waals surface area (Å²) in [5.41, 5.74) is 8.48. The fraction of sp³-hybridized carbons (Fsp3) is 0.367. The average Bonchev–Trinajstić information content (AvgIpc) is 3.55. The summed E-state index contributed by atoms with van der Waals surface area (Å²) in [6.45, 7) is 12.8. The van der Waals surface area contributed by atoms with Crippen LogP contribution < -0.4 is 16.4 Å². The molecule has 40 heavy (non-hydrogen) atoms. The van der Waals surface area contributed by atoms with Crippen LogP contribution in [0.4, 0.5) is 10.5 Å². The number of nitrogens with two attached hydrogens (primary N) is 1. The van der Waals surface area contributed by atoms with E-state index in [1.807, 2.05) is 53.1 Å². The van der Waals surface area contributed by atoms with E-state index in [4.69, 9.17) is 10.2 Å². The van der Waals surface area contributed by atoms with Gasteiger partial charge in [0.25, 0.3) is 5.91 Å². The topological polar surface area (TPSA) is 116 Å². The van der Waals surface area contributed by atoms with Gasteiger partial charge in [0.1, 0.15) is 5.69 Å². The molecule has 3 amide bonds. The van der Waals surface area contributed by atoms with Crippen molar-refractivity contribution >= 4 is 36.8 Å². The van der Waals surface area contributed by atoms with Gasteiger partial charge in [0.15, 0.2) is 8.32 Å². The highest BCUT2D eigenvalue weighted by molar-refractivity contribution is 6.74. The zero-order valence-corrected chi connectivity index (χ0v) is 25.0. The number of hydrogen-bond acceptors (Lipinski definition) is 4. The molecule has 0 aliphatic heterocycles. The molecule has 2 aromatic heterocycles. The summed E-state index contributed by atoms with van der Waals surface area (Å²) in [7, 11) is -1.98. The number of amides is 3. The smallest absolute Gasteiger partial charge is 0.319 e. The molecule has 10 heteroatoms. The predicted molar refractivity (Wildman–Crippen MR) is 162 cm³/mol. The summed E-state index contributed by atoms with van der Waals surface area (Å²) in [6.07, 6.45) is 6.16. The number of imidazole rings is 1. The van der Waals surface area contributed by atoms with Crippen LogP contribution in [0.1, 0.15) is 49.3 Å². The molecule has 0 fully saturated rings. The van der Waals surface area contributed by atoms with Crippen LogP contribution in [0.15, 0.2) is 73.3 Å². The molecule has 4 N–H and O–H groups in total. The molecule has 9 nitrogen and oxygen atoms in total. The van der Waals surface area contributed by atoms with Crippen molar-refractivity contribution in [1.82, 2.24) is 19.4 Å². The highest BCUT2D eigenvalue weighted by atomic mass is 28.4. The van der Waals surface area contributed by atoms with Crippen LogP contribution in [-0.4, -0.2) is 41.0 Å². The van der Waals surface area contributed by atoms with E-state index < -0.39 is 14.2 Å². The number of anilines is 1. The molecular weight excluding hydrogens is 520 g/mol. The number of hydrogen-bond donors (Lipinski definition) is 3. The van der Waals surface area contributed by atoms with Crippen LogP contribution in [0, 0.1) is 0 Å².